The predicted molar refractivity (Wildman–Crippen MR) is 82.1 cm³/mol. The summed E-state index contributed by atoms with van der Waals surface area (Å²) in [6.45, 7) is 9.84. The van der Waals surface area contributed by atoms with Crippen molar-refractivity contribution in [2.75, 3.05) is 6.54 Å². The van der Waals surface area contributed by atoms with E-state index < -0.39 is 0 Å². The van der Waals surface area contributed by atoms with Gasteiger partial charge in [-0.3, -0.25) is 9.67 Å². The van der Waals surface area contributed by atoms with Gasteiger partial charge in [0.2, 0.25) is 0 Å². The number of aryl methyl sites for hydroxylation is 3. The van der Waals surface area contributed by atoms with Crippen LogP contribution in [0.1, 0.15) is 42.5 Å². The first-order chi connectivity index (χ1) is 9.56. The lowest BCUT2D eigenvalue weighted by Gasteiger charge is -2.21. The van der Waals surface area contributed by atoms with E-state index in [-0.39, 0.29) is 6.04 Å². The molecule has 4 nitrogen and oxygen atoms in total. The normalized spacial score (nSPS) is 12.7. The minimum atomic E-state index is 0.0374. The van der Waals surface area contributed by atoms with E-state index in [4.69, 9.17) is 11.6 Å². The van der Waals surface area contributed by atoms with Crippen LogP contribution < -0.4 is 5.32 Å². The second-order valence-electron chi connectivity index (χ2n) is 4.87. The molecule has 0 radical (unpaired) electrons. The summed E-state index contributed by atoms with van der Waals surface area (Å²) in [6, 6.07) is 4.24. The number of aromatic nitrogens is 3. The molecule has 0 aromatic carbocycles. The van der Waals surface area contributed by atoms with Crippen LogP contribution in [0.4, 0.5) is 0 Å². The lowest BCUT2D eigenvalue weighted by molar-refractivity contribution is 0.541. The molecule has 0 bridgehead atoms. The van der Waals surface area contributed by atoms with Gasteiger partial charge in [-0.15, -0.1) is 0 Å². The Bertz CT molecular complexity index is 571. The Labute approximate surface area is 125 Å². The number of nitrogens with one attached hydrogen (secondary N) is 1. The van der Waals surface area contributed by atoms with Gasteiger partial charge in [-0.25, -0.2) is 0 Å². The maximum atomic E-state index is 6.34. The molecule has 0 saturated heterocycles. The smallest absolute Gasteiger partial charge is 0.0837 e. The fourth-order valence-electron chi connectivity index (χ4n) is 2.52. The molecule has 0 saturated carbocycles. The van der Waals surface area contributed by atoms with Gasteiger partial charge >= 0.3 is 0 Å². The van der Waals surface area contributed by atoms with Crippen LogP contribution >= 0.6 is 11.6 Å². The van der Waals surface area contributed by atoms with Crippen molar-refractivity contribution >= 4 is 11.6 Å². The molecule has 2 aromatic rings. The third-order valence-electron chi connectivity index (χ3n) is 3.25. The molecule has 20 heavy (non-hydrogen) atoms. The minimum absolute atomic E-state index is 0.0374. The Morgan fingerprint density at radius 3 is 2.45 bits per heavy atom. The minimum Gasteiger partial charge on any atom is -0.305 e. The van der Waals surface area contributed by atoms with Gasteiger partial charge in [0.1, 0.15) is 0 Å². The van der Waals surface area contributed by atoms with Crippen molar-refractivity contribution < 1.29 is 0 Å². The number of rotatable bonds is 5. The van der Waals surface area contributed by atoms with Crippen molar-refractivity contribution in [3.05, 3.63) is 46.0 Å². The van der Waals surface area contributed by atoms with E-state index >= 15 is 0 Å². The van der Waals surface area contributed by atoms with Crippen LogP contribution in [0.2, 0.25) is 5.02 Å². The van der Waals surface area contributed by atoms with Gasteiger partial charge in [-0.1, -0.05) is 18.5 Å². The summed E-state index contributed by atoms with van der Waals surface area (Å²) in [5.74, 6) is 0. The lowest BCUT2D eigenvalue weighted by Crippen LogP contribution is -2.25. The summed E-state index contributed by atoms with van der Waals surface area (Å²) < 4.78 is 1.95. The predicted octanol–water partition coefficient (Wildman–Crippen LogP) is 3.27. The van der Waals surface area contributed by atoms with Crippen molar-refractivity contribution in [1.82, 2.24) is 20.1 Å². The molecule has 108 valence electrons. The highest BCUT2D eigenvalue weighted by Crippen LogP contribution is 2.29. The molecule has 1 atom stereocenters. The molecule has 2 aromatic heterocycles. The van der Waals surface area contributed by atoms with Crippen molar-refractivity contribution in [3.8, 4) is 0 Å². The van der Waals surface area contributed by atoms with Crippen LogP contribution in [0.15, 0.2) is 18.3 Å². The number of hydrogen-bond donors (Lipinski definition) is 1. The highest BCUT2D eigenvalue weighted by atomic mass is 35.5. The Morgan fingerprint density at radius 2 is 1.90 bits per heavy atom. The lowest BCUT2D eigenvalue weighted by atomic mass is 10.0. The van der Waals surface area contributed by atoms with Gasteiger partial charge in [0.05, 0.1) is 23.0 Å². The van der Waals surface area contributed by atoms with E-state index in [0.29, 0.717) is 5.02 Å². The Balaban J connectivity index is 2.52. The van der Waals surface area contributed by atoms with Gasteiger partial charge < -0.3 is 5.32 Å². The zero-order chi connectivity index (χ0) is 14.7. The van der Waals surface area contributed by atoms with Crippen LogP contribution in [0, 0.1) is 13.8 Å². The standard InChI is InChI=1S/C15H21ClN4/c1-5-17-14(12-7-10(3)19-11(4)8-12)15-13(16)9-18-20(15)6-2/h7-9,14,17H,5-6H2,1-4H3. The number of hydrogen-bond acceptors (Lipinski definition) is 3. The van der Waals surface area contributed by atoms with E-state index in [1.165, 1.54) is 5.56 Å². The first-order valence-electron chi connectivity index (χ1n) is 6.96. The molecule has 0 fully saturated rings. The summed E-state index contributed by atoms with van der Waals surface area (Å²) in [6.07, 6.45) is 1.71. The highest BCUT2D eigenvalue weighted by molar-refractivity contribution is 6.31. The van der Waals surface area contributed by atoms with Crippen molar-refractivity contribution in [3.63, 3.8) is 0 Å². The molecule has 0 spiro atoms. The van der Waals surface area contributed by atoms with E-state index in [9.17, 15) is 0 Å². The molecule has 0 amide bonds. The zero-order valence-corrected chi connectivity index (χ0v) is 13.2. The first-order valence-corrected chi connectivity index (χ1v) is 7.34. The molecule has 1 N–H and O–H groups in total. The van der Waals surface area contributed by atoms with Gasteiger partial charge in [0, 0.05) is 17.9 Å². The molecule has 0 aliphatic heterocycles. The molecule has 2 rings (SSSR count). The summed E-state index contributed by atoms with van der Waals surface area (Å²) in [4.78, 5) is 4.44. The number of halogens is 1. The van der Waals surface area contributed by atoms with Gasteiger partial charge in [0.15, 0.2) is 0 Å². The van der Waals surface area contributed by atoms with E-state index in [1.54, 1.807) is 6.20 Å². The van der Waals surface area contributed by atoms with Crippen molar-refractivity contribution in [2.24, 2.45) is 0 Å². The Kier molecular flexibility index (Phi) is 4.78. The van der Waals surface area contributed by atoms with Crippen LogP contribution in [-0.4, -0.2) is 21.3 Å². The quantitative estimate of drug-likeness (QED) is 0.920. The summed E-state index contributed by atoms with van der Waals surface area (Å²) in [5.41, 5.74) is 4.22. The summed E-state index contributed by atoms with van der Waals surface area (Å²) >= 11 is 6.34. The van der Waals surface area contributed by atoms with Gasteiger partial charge in [-0.2, -0.15) is 5.10 Å². The summed E-state index contributed by atoms with van der Waals surface area (Å²) in [5, 5.41) is 8.53. The summed E-state index contributed by atoms with van der Waals surface area (Å²) in [7, 11) is 0. The maximum absolute atomic E-state index is 6.34. The zero-order valence-electron chi connectivity index (χ0n) is 12.4. The molecule has 0 aliphatic carbocycles. The van der Waals surface area contributed by atoms with Crippen molar-refractivity contribution in [1.29, 1.82) is 0 Å². The van der Waals surface area contributed by atoms with E-state index in [2.05, 4.69) is 41.4 Å². The van der Waals surface area contributed by atoms with E-state index in [1.807, 2.05) is 18.5 Å². The van der Waals surface area contributed by atoms with Crippen molar-refractivity contribution in [2.45, 2.75) is 40.3 Å². The van der Waals surface area contributed by atoms with Crippen LogP contribution in [-0.2, 0) is 6.54 Å². The van der Waals surface area contributed by atoms with Gasteiger partial charge in [-0.05, 0) is 45.0 Å². The van der Waals surface area contributed by atoms with Gasteiger partial charge in [0.25, 0.3) is 0 Å². The molecule has 2 heterocycles. The maximum Gasteiger partial charge on any atom is 0.0837 e. The second kappa shape index (κ2) is 6.37. The van der Waals surface area contributed by atoms with E-state index in [0.717, 1.165) is 30.2 Å². The Hall–Kier alpha value is -1.39. The SMILES string of the molecule is CCNC(c1cc(C)nc(C)c1)c1c(Cl)cnn1CC. The highest BCUT2D eigenvalue weighted by Gasteiger charge is 2.21. The average Bonchev–Trinajstić information content (AvgIpc) is 2.76. The molecular formula is C15H21ClN4. The van der Waals surface area contributed by atoms with Crippen LogP contribution in [0.25, 0.3) is 0 Å². The number of pyridine rings is 1. The number of nitrogens with zero attached hydrogens (tertiary/aromatic N) is 3. The van der Waals surface area contributed by atoms with Crippen LogP contribution in [0.3, 0.4) is 0 Å². The molecule has 1 unspecified atom stereocenters. The largest absolute Gasteiger partial charge is 0.305 e. The third kappa shape index (κ3) is 3.02. The topological polar surface area (TPSA) is 42.7 Å². The Morgan fingerprint density at radius 1 is 1.25 bits per heavy atom. The average molecular weight is 293 g/mol. The fraction of sp³-hybridized carbons (Fsp3) is 0.467. The first kappa shape index (κ1) is 15.0. The second-order valence-corrected chi connectivity index (χ2v) is 5.27. The molecule has 5 heteroatoms. The van der Waals surface area contributed by atoms with Crippen LogP contribution in [0.5, 0.6) is 0 Å². The molecule has 0 aliphatic rings. The third-order valence-corrected chi connectivity index (χ3v) is 3.54. The monoisotopic (exact) mass is 292 g/mol. The molecular weight excluding hydrogens is 272 g/mol. The fourth-order valence-corrected chi connectivity index (χ4v) is 2.77.